The molecule has 4 aromatic carbocycles. The van der Waals surface area contributed by atoms with Crippen molar-refractivity contribution in [1.29, 1.82) is 0 Å². The molecule has 141 heavy (non-hydrogen) atoms. The molecule has 5 fully saturated rings. The number of alkyl halides is 7. The molecule has 5 aliphatic heterocycles. The molecule has 6 unspecified atom stereocenters. The molecule has 3 N–H and O–H groups in total. The Kier molecular flexibility index (Phi) is 31.7. The summed E-state index contributed by atoms with van der Waals surface area (Å²) >= 11 is 0. The lowest BCUT2D eigenvalue weighted by Gasteiger charge is -2.45. The number of halogens is 7. The van der Waals surface area contributed by atoms with Crippen LogP contribution in [0.5, 0.6) is 23.0 Å². The number of carbonyl (C=O) groups excluding carboxylic acids is 4. The summed E-state index contributed by atoms with van der Waals surface area (Å²) in [4.78, 5) is 70.9. The number of Topliss-reactive ketones (excluding diaryl/α,β-unsaturated/α-hetero) is 4. The van der Waals surface area contributed by atoms with E-state index >= 15 is 0 Å². The highest BCUT2D eigenvalue weighted by atomic mass is 32.2. The number of nitrogens with zero attached hydrogens (tertiary/aromatic N) is 12. The van der Waals surface area contributed by atoms with Crippen LogP contribution in [0.15, 0.2) is 146 Å². The molecule has 756 valence electrons. The lowest BCUT2D eigenvalue weighted by Crippen LogP contribution is -2.48. The van der Waals surface area contributed by atoms with Gasteiger partial charge in [0.15, 0.2) is 42.8 Å². The fourth-order valence-electron chi connectivity index (χ4n) is 19.2. The highest BCUT2D eigenvalue weighted by Gasteiger charge is 2.51. The topological polar surface area (TPSA) is 385 Å². The minimum atomic E-state index is -4.56. The average Bonchev–Trinajstić information content (AvgIpc) is 1.67. The molecule has 13 heterocycles. The number of aliphatic hydroxyl groups excluding tert-OH is 2. The minimum absolute atomic E-state index is 0.00142. The number of hydrogen-bond acceptors (Lipinski definition) is 26. The summed E-state index contributed by atoms with van der Waals surface area (Å²) < 4.78 is 185. The van der Waals surface area contributed by atoms with Crippen molar-refractivity contribution in [2.45, 2.75) is 229 Å². The number of benzene rings is 4. The third-order valence-electron chi connectivity index (χ3n) is 26.2. The van der Waals surface area contributed by atoms with Crippen LogP contribution in [0.2, 0.25) is 0 Å². The fraction of sp³-hybridized carbons (Fsp3) is 0.490. The molecule has 0 radical (unpaired) electrons. The average molecular weight is 2000 g/mol. The van der Waals surface area contributed by atoms with Crippen molar-refractivity contribution in [2.75, 3.05) is 62.7 Å². The summed E-state index contributed by atoms with van der Waals surface area (Å²) in [5.74, 6) is -1.33. The van der Waals surface area contributed by atoms with Crippen LogP contribution in [0.4, 0.5) is 30.7 Å². The summed E-state index contributed by atoms with van der Waals surface area (Å²) in [5, 5.41) is 50.0. The number of ketones is 4. The molecular formula is C102H119F7N12O18S2. The first-order valence-corrected chi connectivity index (χ1v) is 50.6. The predicted octanol–water partition coefficient (Wildman–Crippen LogP) is 18.8. The zero-order valence-electron chi connectivity index (χ0n) is 81.1. The Morgan fingerprint density at radius 3 is 1.15 bits per heavy atom. The van der Waals surface area contributed by atoms with Gasteiger partial charge < -0.3 is 48.5 Å². The van der Waals surface area contributed by atoms with Gasteiger partial charge in [0.25, 0.3) is 0 Å². The summed E-state index contributed by atoms with van der Waals surface area (Å²) in [6, 6.07) is 33.1. The molecule has 0 bridgehead atoms. The SMILES string of the molecule is CC(F)Oc1cccc(-c2nn(C(C)C)c3cc(C(=O)CC4(C(C)(C)O)CCOCC4)cnc23)c1.CC(F)Oc1cccc(-c2nn(C(C)C)c3cc(C(=O)CC4([C@H](C)O)CCOCC4)cnc23)c1.CC(F)Oc1cccc(-c2nn(C3CCOCC3C(F)(F)F)c3cc(C(=O)CC4(C)CS(=O)(=O)C4)cnc23)c1.CC(F)Oc1cccc(-c2nn(C[C@H](C)O)c3cc(C(=O)CC4(C)CS(=O)(=O)C4)cnc23)c1. The number of sulfone groups is 2. The number of ether oxygens (including phenoxy) is 7. The summed E-state index contributed by atoms with van der Waals surface area (Å²) in [6.45, 7) is 25.6. The molecule has 8 aromatic heterocycles. The number of pyridine rings is 4. The van der Waals surface area contributed by atoms with Crippen molar-refractivity contribution in [3.8, 4) is 68.0 Å². The Balaban J connectivity index is 0.000000150. The van der Waals surface area contributed by atoms with Crippen LogP contribution in [-0.2, 0) is 40.4 Å². The standard InChI is InChI=1S/C27H34FN3O4.C26H27F4N3O5S.C26H32FN3O4.C23H26FN3O5S/c1-17(2)31-22-14-20(23(32)15-27(26(4,5)33)9-11-34-12-10-27)16-29-25(22)24(30-31)19-7-6-8-21(13-19)35-18(3)28;1-15(27)38-18-5-3-4-16(8-18)23-24-21(33(32-23)20-6-7-37-12-19(20)26(28,29)30)9-17(11-31-24)22(34)10-25(2)13-39(35,36)14-25;1-16(2)30-22-13-20(23(32)14-26(17(3)31)8-10-33-11-9-26)15-28-25(22)24(29-30)19-6-5-7-21(12-19)34-18(4)27;1-14(28)11-27-19-8-17(20(29)9-23(3)12-33(30,31)13-23)10-25-22(19)21(26-27)16-5-4-6-18(7-16)32-15(2)24/h6-8,13-14,16-18,33H,9-12,15H2,1-5H3;3-5,8-9,11,15,19-20H,6-7,10,12-14H2,1-2H3;5-7,12-13,15-18,31H,8-11,14H2,1-4H3;4-8,10,14-15,28H,9,11-13H2,1-3H3/t;;17-,18?;14-,15?/m..00/s1. The van der Waals surface area contributed by atoms with Gasteiger partial charge in [-0.05, 0) is 160 Å². The first kappa shape index (κ1) is 105. The van der Waals surface area contributed by atoms with Crippen LogP contribution in [0.1, 0.15) is 214 Å². The van der Waals surface area contributed by atoms with Crippen LogP contribution < -0.4 is 18.9 Å². The number of aromatic nitrogens is 12. The molecule has 12 aromatic rings. The maximum absolute atomic E-state index is 14.0. The third kappa shape index (κ3) is 24.7. The van der Waals surface area contributed by atoms with Gasteiger partial charge in [0.05, 0.1) is 82.1 Å². The summed E-state index contributed by atoms with van der Waals surface area (Å²) in [7, 11) is -6.22. The van der Waals surface area contributed by atoms with Crippen LogP contribution in [-0.4, -0.2) is 226 Å². The lowest BCUT2D eigenvalue weighted by molar-refractivity contribution is -0.213. The molecule has 8 atom stereocenters. The smallest absolute Gasteiger partial charge is 0.396 e. The summed E-state index contributed by atoms with van der Waals surface area (Å²) in [5.41, 5.74) is 7.24. The summed E-state index contributed by atoms with van der Waals surface area (Å²) in [6.07, 6.45) is -2.68. The second kappa shape index (κ2) is 42.5. The molecule has 5 aliphatic rings. The van der Waals surface area contributed by atoms with Crippen molar-refractivity contribution < 1.29 is 115 Å². The molecule has 30 nitrogen and oxygen atoms in total. The molecule has 39 heteroatoms. The van der Waals surface area contributed by atoms with E-state index in [1.54, 1.807) is 144 Å². The van der Waals surface area contributed by atoms with Crippen molar-refractivity contribution in [3.63, 3.8) is 0 Å². The molecule has 0 aliphatic carbocycles. The maximum atomic E-state index is 14.0. The Morgan fingerprint density at radius 1 is 0.454 bits per heavy atom. The molecule has 0 saturated carbocycles. The van der Waals surface area contributed by atoms with E-state index in [-0.39, 0.29) is 132 Å². The highest BCUT2D eigenvalue weighted by molar-refractivity contribution is 7.93. The molecule has 5 saturated heterocycles. The van der Waals surface area contributed by atoms with E-state index in [0.717, 1.165) is 22.2 Å². The van der Waals surface area contributed by atoms with Crippen LogP contribution in [0.25, 0.3) is 89.2 Å². The third-order valence-corrected chi connectivity index (χ3v) is 30.7. The maximum Gasteiger partial charge on any atom is 0.396 e. The second-order valence-electron chi connectivity index (χ2n) is 39.3. The first-order valence-electron chi connectivity index (χ1n) is 47.0. The van der Waals surface area contributed by atoms with E-state index in [0.29, 0.717) is 136 Å². The number of aliphatic hydroxyl groups is 3. The zero-order chi connectivity index (χ0) is 102. The van der Waals surface area contributed by atoms with Crippen LogP contribution in [0, 0.1) is 27.6 Å². The zero-order valence-corrected chi connectivity index (χ0v) is 82.7. The largest absolute Gasteiger partial charge is 0.461 e. The van der Waals surface area contributed by atoms with Crippen LogP contribution in [0.3, 0.4) is 0 Å². The number of fused-ring (bicyclic) bond motifs is 4. The molecule has 0 spiro atoms. The quantitative estimate of drug-likeness (QED) is 0.0268. The van der Waals surface area contributed by atoms with Gasteiger partial charge in [0.2, 0.25) is 25.4 Å². The van der Waals surface area contributed by atoms with E-state index in [9.17, 15) is 82.1 Å². The first-order chi connectivity index (χ1) is 66.4. The van der Waals surface area contributed by atoms with Crippen LogP contribution >= 0.6 is 0 Å². The Morgan fingerprint density at radius 2 is 0.794 bits per heavy atom. The van der Waals surface area contributed by atoms with E-state index < -0.39 is 109 Å². The molecule has 0 amide bonds. The Labute approximate surface area is 812 Å². The number of carbonyl (C=O) groups is 4. The Hall–Kier alpha value is -11.6. The Bertz CT molecular complexity index is 6790. The van der Waals surface area contributed by atoms with E-state index in [1.807, 2.05) is 61.3 Å². The van der Waals surface area contributed by atoms with Gasteiger partial charge in [-0.15, -0.1) is 0 Å². The normalized spacial score (nSPS) is 19.2. The fourth-order valence-corrected chi connectivity index (χ4v) is 23.7. The van der Waals surface area contributed by atoms with Crippen molar-refractivity contribution in [3.05, 3.63) is 168 Å². The number of hydrogen-bond donors (Lipinski definition) is 3. The van der Waals surface area contributed by atoms with Gasteiger partial charge in [-0.1, -0.05) is 62.4 Å². The highest BCUT2D eigenvalue weighted by Crippen LogP contribution is 2.48. The van der Waals surface area contributed by atoms with Crippen molar-refractivity contribution >= 4 is 86.9 Å². The lowest BCUT2D eigenvalue weighted by atomic mass is 9.65. The van der Waals surface area contributed by atoms with Gasteiger partial charge in [0.1, 0.15) is 73.8 Å². The monoisotopic (exact) mass is 2000 g/mol. The van der Waals surface area contributed by atoms with Gasteiger partial charge in [-0.3, -0.25) is 57.8 Å². The minimum Gasteiger partial charge on any atom is -0.461 e. The van der Waals surface area contributed by atoms with E-state index in [4.69, 9.17) is 43.4 Å². The van der Waals surface area contributed by atoms with Crippen molar-refractivity contribution in [1.82, 2.24) is 59.1 Å². The van der Waals surface area contributed by atoms with Gasteiger partial charge >= 0.3 is 6.18 Å². The number of rotatable bonds is 31. The molecular weight excluding hydrogens is 1880 g/mol. The van der Waals surface area contributed by atoms with Gasteiger partial charge in [0, 0.05) is 189 Å². The van der Waals surface area contributed by atoms with Gasteiger partial charge in [-0.25, -0.2) is 34.4 Å². The van der Waals surface area contributed by atoms with E-state index in [1.165, 1.54) is 56.9 Å². The molecule has 17 rings (SSSR count). The van der Waals surface area contributed by atoms with E-state index in [2.05, 4.69) is 30.1 Å². The predicted molar refractivity (Wildman–Crippen MR) is 515 cm³/mol. The van der Waals surface area contributed by atoms with Crippen molar-refractivity contribution in [2.24, 2.45) is 27.6 Å². The van der Waals surface area contributed by atoms with Gasteiger partial charge in [-0.2, -0.15) is 33.6 Å². The second-order valence-corrected chi connectivity index (χ2v) is 43.5.